The summed E-state index contributed by atoms with van der Waals surface area (Å²) >= 11 is 1.36. The molecule has 5 nitrogen and oxygen atoms in total. The zero-order valence-electron chi connectivity index (χ0n) is 12.2. The van der Waals surface area contributed by atoms with E-state index in [1.54, 1.807) is 0 Å². The van der Waals surface area contributed by atoms with Crippen molar-refractivity contribution in [2.75, 3.05) is 5.73 Å². The van der Waals surface area contributed by atoms with E-state index in [9.17, 15) is 10.1 Å². The van der Waals surface area contributed by atoms with Gasteiger partial charge in [-0.15, -0.1) is 0 Å². The van der Waals surface area contributed by atoms with E-state index in [0.717, 1.165) is 4.90 Å². The first-order chi connectivity index (χ1) is 9.75. The van der Waals surface area contributed by atoms with Crippen LogP contribution in [0.25, 0.3) is 0 Å². The Morgan fingerprint density at radius 1 is 1.19 bits per heavy atom. The molecule has 0 aliphatic rings. The van der Waals surface area contributed by atoms with Crippen LogP contribution in [0, 0.1) is 10.1 Å². The van der Waals surface area contributed by atoms with Gasteiger partial charge in [0.2, 0.25) is 0 Å². The number of aromatic nitrogens is 1. The summed E-state index contributed by atoms with van der Waals surface area (Å²) in [6.45, 7) is 6.45. The van der Waals surface area contributed by atoms with E-state index in [0.29, 0.717) is 5.03 Å². The molecule has 0 unspecified atom stereocenters. The molecule has 0 saturated heterocycles. The molecule has 0 aliphatic heterocycles. The SMILES string of the molecule is CC(C)(C)c1ccc(Sc2cc([N+](=O)[O-])cc(N)n2)cc1. The van der Waals surface area contributed by atoms with Gasteiger partial charge in [0.05, 0.1) is 11.0 Å². The van der Waals surface area contributed by atoms with Crippen molar-refractivity contribution < 1.29 is 4.92 Å². The van der Waals surface area contributed by atoms with Crippen molar-refractivity contribution in [1.29, 1.82) is 0 Å². The smallest absolute Gasteiger partial charge is 0.275 e. The van der Waals surface area contributed by atoms with E-state index >= 15 is 0 Å². The molecule has 0 bridgehead atoms. The van der Waals surface area contributed by atoms with Gasteiger partial charge in [-0.3, -0.25) is 10.1 Å². The van der Waals surface area contributed by atoms with Crippen molar-refractivity contribution in [2.45, 2.75) is 36.1 Å². The topological polar surface area (TPSA) is 82.0 Å². The molecule has 1 aromatic carbocycles. The lowest BCUT2D eigenvalue weighted by atomic mass is 9.87. The maximum atomic E-state index is 10.8. The average molecular weight is 303 g/mol. The number of pyridine rings is 1. The number of hydrogen-bond donors (Lipinski definition) is 1. The minimum atomic E-state index is -0.467. The Labute approximate surface area is 127 Å². The highest BCUT2D eigenvalue weighted by atomic mass is 32.2. The number of nitrogens with zero attached hydrogens (tertiary/aromatic N) is 2. The normalized spacial score (nSPS) is 11.4. The third kappa shape index (κ3) is 3.95. The maximum Gasteiger partial charge on any atom is 0.275 e. The highest BCUT2D eigenvalue weighted by Gasteiger charge is 2.14. The Balaban J connectivity index is 2.24. The van der Waals surface area contributed by atoms with Crippen molar-refractivity contribution in [3.05, 3.63) is 52.1 Å². The Hall–Kier alpha value is -2.08. The molecule has 110 valence electrons. The molecule has 0 aliphatic carbocycles. The van der Waals surface area contributed by atoms with E-state index in [-0.39, 0.29) is 16.9 Å². The van der Waals surface area contributed by atoms with E-state index in [1.165, 1.54) is 29.5 Å². The second kappa shape index (κ2) is 5.73. The molecule has 0 spiro atoms. The van der Waals surface area contributed by atoms with Crippen LogP contribution in [0.5, 0.6) is 0 Å². The Morgan fingerprint density at radius 3 is 2.33 bits per heavy atom. The van der Waals surface area contributed by atoms with E-state index in [2.05, 4.69) is 37.9 Å². The summed E-state index contributed by atoms with van der Waals surface area (Å²) in [5.74, 6) is 0.151. The van der Waals surface area contributed by atoms with Crippen molar-refractivity contribution >= 4 is 23.3 Å². The van der Waals surface area contributed by atoms with Crippen LogP contribution in [-0.2, 0) is 5.41 Å². The predicted molar refractivity (Wildman–Crippen MR) is 84.6 cm³/mol. The summed E-state index contributed by atoms with van der Waals surface area (Å²) in [5.41, 5.74) is 6.89. The van der Waals surface area contributed by atoms with Crippen molar-refractivity contribution in [1.82, 2.24) is 4.98 Å². The number of anilines is 1. The van der Waals surface area contributed by atoms with Gasteiger partial charge < -0.3 is 5.73 Å². The van der Waals surface area contributed by atoms with Crippen LogP contribution in [0.15, 0.2) is 46.3 Å². The molecule has 0 fully saturated rings. The minimum absolute atomic E-state index is 0.0451. The fourth-order valence-corrected chi connectivity index (χ4v) is 2.66. The van der Waals surface area contributed by atoms with Gasteiger partial charge in [0, 0.05) is 11.0 Å². The quantitative estimate of drug-likeness (QED) is 0.684. The van der Waals surface area contributed by atoms with Crippen LogP contribution in [0.2, 0.25) is 0 Å². The number of nitro groups is 1. The standard InChI is InChI=1S/C15H17N3O2S/c1-15(2,3)10-4-6-12(7-5-10)21-14-9-11(18(19)20)8-13(16)17-14/h4-9H,1-3H3,(H2,16,17). The summed E-state index contributed by atoms with van der Waals surface area (Å²) in [6.07, 6.45) is 0. The van der Waals surface area contributed by atoms with Crippen LogP contribution >= 0.6 is 11.8 Å². The summed E-state index contributed by atoms with van der Waals surface area (Å²) in [5, 5.41) is 11.3. The number of rotatable bonds is 3. The van der Waals surface area contributed by atoms with Gasteiger partial charge in [0.25, 0.3) is 5.69 Å². The van der Waals surface area contributed by atoms with Crippen LogP contribution in [0.1, 0.15) is 26.3 Å². The molecular weight excluding hydrogens is 286 g/mol. The van der Waals surface area contributed by atoms with Gasteiger partial charge in [-0.25, -0.2) is 4.98 Å². The molecule has 2 N–H and O–H groups in total. The molecular formula is C15H17N3O2S. The van der Waals surface area contributed by atoms with Gasteiger partial charge in [0.15, 0.2) is 0 Å². The zero-order valence-corrected chi connectivity index (χ0v) is 13.0. The number of nitrogen functional groups attached to an aromatic ring is 1. The molecule has 2 rings (SSSR count). The van der Waals surface area contributed by atoms with Crippen molar-refractivity contribution in [3.63, 3.8) is 0 Å². The molecule has 0 amide bonds. The van der Waals surface area contributed by atoms with Crippen LogP contribution in [0.3, 0.4) is 0 Å². The lowest BCUT2D eigenvalue weighted by Gasteiger charge is -2.18. The molecule has 2 aromatic rings. The fourth-order valence-electron chi connectivity index (χ4n) is 1.81. The lowest BCUT2D eigenvalue weighted by molar-refractivity contribution is -0.385. The van der Waals surface area contributed by atoms with Crippen LogP contribution < -0.4 is 5.73 Å². The maximum absolute atomic E-state index is 10.8. The monoisotopic (exact) mass is 303 g/mol. The number of nitrogens with two attached hydrogens (primary N) is 1. The second-order valence-electron chi connectivity index (χ2n) is 5.72. The van der Waals surface area contributed by atoms with Crippen molar-refractivity contribution in [2.24, 2.45) is 0 Å². The predicted octanol–water partition coefficient (Wildman–Crippen LogP) is 4.02. The van der Waals surface area contributed by atoms with Gasteiger partial charge in [-0.1, -0.05) is 44.7 Å². The highest BCUT2D eigenvalue weighted by Crippen LogP contribution is 2.31. The first kappa shape index (κ1) is 15.3. The van der Waals surface area contributed by atoms with Gasteiger partial charge >= 0.3 is 0 Å². The zero-order chi connectivity index (χ0) is 15.6. The Kier molecular flexibility index (Phi) is 4.18. The molecule has 1 heterocycles. The van der Waals surface area contributed by atoms with Crippen LogP contribution in [-0.4, -0.2) is 9.91 Å². The highest BCUT2D eigenvalue weighted by molar-refractivity contribution is 7.99. The van der Waals surface area contributed by atoms with Crippen LogP contribution in [0.4, 0.5) is 11.5 Å². The van der Waals surface area contributed by atoms with Gasteiger partial charge in [0.1, 0.15) is 10.8 Å². The number of hydrogen-bond acceptors (Lipinski definition) is 5. The Morgan fingerprint density at radius 2 is 1.81 bits per heavy atom. The van der Waals surface area contributed by atoms with Gasteiger partial charge in [-0.05, 0) is 23.1 Å². The van der Waals surface area contributed by atoms with Crippen molar-refractivity contribution in [3.8, 4) is 0 Å². The summed E-state index contributed by atoms with van der Waals surface area (Å²) in [4.78, 5) is 15.4. The largest absolute Gasteiger partial charge is 0.383 e. The number of benzene rings is 1. The van der Waals surface area contributed by atoms with Gasteiger partial charge in [-0.2, -0.15) is 0 Å². The summed E-state index contributed by atoms with van der Waals surface area (Å²) in [6, 6.07) is 10.8. The molecule has 0 radical (unpaired) electrons. The Bertz CT molecular complexity index is 664. The average Bonchev–Trinajstić information content (AvgIpc) is 2.37. The van der Waals surface area contributed by atoms with E-state index in [1.807, 2.05) is 12.1 Å². The minimum Gasteiger partial charge on any atom is -0.383 e. The molecule has 0 atom stereocenters. The third-order valence-electron chi connectivity index (χ3n) is 2.96. The third-order valence-corrected chi connectivity index (χ3v) is 3.89. The summed E-state index contributed by atoms with van der Waals surface area (Å²) < 4.78 is 0. The molecule has 1 aromatic heterocycles. The molecule has 21 heavy (non-hydrogen) atoms. The molecule has 0 saturated carbocycles. The fraction of sp³-hybridized carbons (Fsp3) is 0.267. The first-order valence-corrected chi connectivity index (χ1v) is 7.28. The molecule has 6 heteroatoms. The second-order valence-corrected chi connectivity index (χ2v) is 6.82. The van der Waals surface area contributed by atoms with E-state index in [4.69, 9.17) is 5.73 Å². The first-order valence-electron chi connectivity index (χ1n) is 6.46. The van der Waals surface area contributed by atoms with E-state index < -0.39 is 4.92 Å². The summed E-state index contributed by atoms with van der Waals surface area (Å²) in [7, 11) is 0. The lowest BCUT2D eigenvalue weighted by Crippen LogP contribution is -2.10.